The zero-order chi connectivity index (χ0) is 14.7. The van der Waals surface area contributed by atoms with Crippen LogP contribution in [0.5, 0.6) is 5.75 Å². The lowest BCUT2D eigenvalue weighted by Gasteiger charge is -2.05. The first-order chi connectivity index (χ1) is 10.3. The Kier molecular flexibility index (Phi) is 4.21. The van der Waals surface area contributed by atoms with Gasteiger partial charge in [-0.15, -0.1) is 11.3 Å². The van der Waals surface area contributed by atoms with Gasteiger partial charge in [0.2, 0.25) is 0 Å². The van der Waals surface area contributed by atoms with E-state index in [1.807, 2.05) is 12.1 Å². The average Bonchev–Trinajstić information content (AvgIpc) is 3.28. The minimum atomic E-state index is 0.467. The molecule has 1 fully saturated rings. The maximum atomic E-state index is 8.92. The van der Waals surface area contributed by atoms with Crippen molar-refractivity contribution in [1.82, 2.24) is 4.98 Å². The van der Waals surface area contributed by atoms with Gasteiger partial charge in [0.05, 0.1) is 18.2 Å². The first-order valence-corrected chi connectivity index (χ1v) is 8.19. The van der Waals surface area contributed by atoms with Crippen molar-refractivity contribution in [2.75, 3.05) is 0 Å². The van der Waals surface area contributed by atoms with Crippen molar-refractivity contribution in [3.63, 3.8) is 0 Å². The highest BCUT2D eigenvalue weighted by Gasteiger charge is 2.29. The van der Waals surface area contributed by atoms with Crippen LogP contribution in [0.15, 0.2) is 24.3 Å². The first-order valence-electron chi connectivity index (χ1n) is 7.37. The summed E-state index contributed by atoms with van der Waals surface area (Å²) in [6.45, 7) is 2.62. The van der Waals surface area contributed by atoms with Crippen molar-refractivity contribution in [2.45, 2.75) is 45.1 Å². The molecule has 1 aromatic carbocycles. The van der Waals surface area contributed by atoms with Gasteiger partial charge in [-0.2, -0.15) is 5.26 Å². The van der Waals surface area contributed by atoms with E-state index in [0.29, 0.717) is 18.9 Å². The van der Waals surface area contributed by atoms with E-state index in [9.17, 15) is 0 Å². The molecule has 4 heteroatoms. The Bertz CT molecular complexity index is 668. The highest BCUT2D eigenvalue weighted by atomic mass is 32.1. The van der Waals surface area contributed by atoms with Crippen molar-refractivity contribution in [1.29, 1.82) is 5.26 Å². The predicted octanol–water partition coefficient (Wildman–Crippen LogP) is 4.23. The molecule has 1 saturated carbocycles. The maximum Gasteiger partial charge on any atom is 0.140 e. The van der Waals surface area contributed by atoms with Crippen molar-refractivity contribution in [3.8, 4) is 11.8 Å². The Balaban J connectivity index is 1.70. The number of aromatic nitrogens is 1. The highest BCUT2D eigenvalue weighted by Crippen LogP contribution is 2.42. The van der Waals surface area contributed by atoms with E-state index in [-0.39, 0.29) is 0 Å². The zero-order valence-corrected chi connectivity index (χ0v) is 12.9. The van der Waals surface area contributed by atoms with Crippen LogP contribution in [0, 0.1) is 11.3 Å². The Morgan fingerprint density at radius 1 is 1.43 bits per heavy atom. The monoisotopic (exact) mass is 298 g/mol. The number of hydrogen-bond acceptors (Lipinski definition) is 4. The normalized spacial score (nSPS) is 13.9. The average molecular weight is 298 g/mol. The van der Waals surface area contributed by atoms with Gasteiger partial charge in [-0.1, -0.05) is 19.1 Å². The zero-order valence-electron chi connectivity index (χ0n) is 12.1. The fraction of sp³-hybridized carbons (Fsp3) is 0.412. The molecule has 0 amide bonds. The number of nitrogens with zero attached hydrogens (tertiary/aromatic N) is 2. The van der Waals surface area contributed by atoms with Crippen LogP contribution < -0.4 is 4.74 Å². The van der Waals surface area contributed by atoms with Crippen molar-refractivity contribution < 1.29 is 4.74 Å². The first kappa shape index (κ1) is 14.1. The number of nitriles is 1. The van der Waals surface area contributed by atoms with Gasteiger partial charge in [0.15, 0.2) is 0 Å². The van der Waals surface area contributed by atoms with Gasteiger partial charge < -0.3 is 4.74 Å². The third-order valence-electron chi connectivity index (χ3n) is 3.64. The number of thiazole rings is 1. The van der Waals surface area contributed by atoms with Crippen LogP contribution in [0.2, 0.25) is 0 Å². The van der Waals surface area contributed by atoms with Gasteiger partial charge in [-0.25, -0.2) is 4.98 Å². The highest BCUT2D eigenvalue weighted by molar-refractivity contribution is 7.11. The van der Waals surface area contributed by atoms with E-state index >= 15 is 0 Å². The Morgan fingerprint density at radius 3 is 3.00 bits per heavy atom. The SMILES string of the molecule is CCc1cccc(OCc2nc(C3CC3)c(CC#N)s2)c1. The lowest BCUT2D eigenvalue weighted by molar-refractivity contribution is 0.305. The minimum absolute atomic E-state index is 0.467. The van der Waals surface area contributed by atoms with Gasteiger partial charge in [0.1, 0.15) is 17.4 Å². The molecule has 3 rings (SSSR count). The van der Waals surface area contributed by atoms with Crippen molar-refractivity contribution in [2.24, 2.45) is 0 Å². The van der Waals surface area contributed by atoms with Crippen LogP contribution in [0.1, 0.15) is 46.8 Å². The predicted molar refractivity (Wildman–Crippen MR) is 83.6 cm³/mol. The summed E-state index contributed by atoms with van der Waals surface area (Å²) in [6.07, 6.45) is 3.89. The summed E-state index contributed by atoms with van der Waals surface area (Å²) in [6, 6.07) is 10.4. The van der Waals surface area contributed by atoms with Gasteiger partial charge >= 0.3 is 0 Å². The molecule has 1 aromatic heterocycles. The number of aryl methyl sites for hydroxylation is 1. The molecule has 0 saturated heterocycles. The molecule has 1 aliphatic carbocycles. The van der Waals surface area contributed by atoms with Gasteiger partial charge in [-0.3, -0.25) is 0 Å². The summed E-state index contributed by atoms with van der Waals surface area (Å²) in [5.41, 5.74) is 2.41. The molecule has 0 spiro atoms. The summed E-state index contributed by atoms with van der Waals surface area (Å²) in [4.78, 5) is 5.82. The lowest BCUT2D eigenvalue weighted by atomic mass is 10.2. The molecule has 1 heterocycles. The summed E-state index contributed by atoms with van der Waals surface area (Å²) >= 11 is 1.62. The summed E-state index contributed by atoms with van der Waals surface area (Å²) < 4.78 is 5.85. The molecular weight excluding hydrogens is 280 g/mol. The van der Waals surface area contributed by atoms with E-state index < -0.39 is 0 Å². The number of benzene rings is 1. The second-order valence-electron chi connectivity index (χ2n) is 5.31. The molecule has 0 unspecified atom stereocenters. The molecule has 0 atom stereocenters. The second-order valence-corrected chi connectivity index (χ2v) is 6.48. The van der Waals surface area contributed by atoms with Crippen molar-refractivity contribution >= 4 is 11.3 Å². The van der Waals surface area contributed by atoms with Crippen LogP contribution >= 0.6 is 11.3 Å². The molecule has 3 nitrogen and oxygen atoms in total. The van der Waals surface area contributed by atoms with Crippen LogP contribution in [0.3, 0.4) is 0 Å². The van der Waals surface area contributed by atoms with Gasteiger partial charge in [0, 0.05) is 10.8 Å². The Hall–Kier alpha value is -1.86. The lowest BCUT2D eigenvalue weighted by Crippen LogP contribution is -1.96. The topological polar surface area (TPSA) is 45.9 Å². The Morgan fingerprint density at radius 2 is 2.29 bits per heavy atom. The van der Waals surface area contributed by atoms with Crippen LogP contribution in [0.25, 0.3) is 0 Å². The fourth-order valence-corrected chi connectivity index (χ4v) is 3.35. The van der Waals surface area contributed by atoms with E-state index in [4.69, 9.17) is 15.0 Å². The van der Waals surface area contributed by atoms with Crippen LogP contribution in [-0.2, 0) is 19.4 Å². The quantitative estimate of drug-likeness (QED) is 0.801. The molecule has 0 aliphatic heterocycles. The molecule has 2 aromatic rings. The molecule has 21 heavy (non-hydrogen) atoms. The third-order valence-corrected chi connectivity index (χ3v) is 4.69. The van der Waals surface area contributed by atoms with Crippen molar-refractivity contribution in [3.05, 3.63) is 45.4 Å². The Labute approximate surface area is 129 Å². The standard InChI is InChI=1S/C17H18N2OS/c1-2-12-4-3-5-14(10-12)20-11-16-19-17(13-6-7-13)15(21-16)8-9-18/h3-5,10,13H,2,6-8,11H2,1H3. The third kappa shape index (κ3) is 3.43. The van der Waals surface area contributed by atoms with Crippen LogP contribution in [0.4, 0.5) is 0 Å². The molecule has 0 radical (unpaired) electrons. The smallest absolute Gasteiger partial charge is 0.140 e. The largest absolute Gasteiger partial charge is 0.486 e. The number of ether oxygens (including phenoxy) is 1. The molecular formula is C17H18N2OS. The molecule has 1 aliphatic rings. The second kappa shape index (κ2) is 6.28. The van der Waals surface area contributed by atoms with E-state index in [0.717, 1.165) is 27.7 Å². The van der Waals surface area contributed by atoms with E-state index in [1.54, 1.807) is 11.3 Å². The fourth-order valence-electron chi connectivity index (χ4n) is 2.35. The summed E-state index contributed by atoms with van der Waals surface area (Å²) in [5, 5.41) is 9.89. The van der Waals surface area contributed by atoms with Gasteiger partial charge in [0.25, 0.3) is 0 Å². The maximum absolute atomic E-state index is 8.92. The summed E-state index contributed by atoms with van der Waals surface area (Å²) in [5.74, 6) is 1.47. The van der Waals surface area contributed by atoms with E-state index in [1.165, 1.54) is 18.4 Å². The van der Waals surface area contributed by atoms with E-state index in [2.05, 4.69) is 25.1 Å². The molecule has 0 N–H and O–H groups in total. The molecule has 108 valence electrons. The number of hydrogen-bond donors (Lipinski definition) is 0. The minimum Gasteiger partial charge on any atom is -0.486 e. The van der Waals surface area contributed by atoms with Crippen LogP contribution in [-0.4, -0.2) is 4.98 Å². The van der Waals surface area contributed by atoms with Gasteiger partial charge in [-0.05, 0) is 37.0 Å². The number of rotatable bonds is 6. The summed E-state index contributed by atoms with van der Waals surface area (Å²) in [7, 11) is 0. The molecule has 0 bridgehead atoms.